The Morgan fingerprint density at radius 1 is 1.26 bits per heavy atom. The van der Waals surface area contributed by atoms with E-state index >= 15 is 0 Å². The van der Waals surface area contributed by atoms with E-state index in [1.54, 1.807) is 0 Å². The Balaban J connectivity index is 2.26. The van der Waals surface area contributed by atoms with Crippen molar-refractivity contribution in [1.82, 2.24) is 10.4 Å². The Morgan fingerprint density at radius 3 is 2.41 bits per heavy atom. The molecule has 13 heteroatoms. The van der Waals surface area contributed by atoms with E-state index in [2.05, 4.69) is 4.74 Å². The van der Waals surface area contributed by atoms with Crippen LogP contribution in [0.3, 0.4) is 0 Å². The van der Waals surface area contributed by atoms with Gasteiger partial charge in [0.1, 0.15) is 11.8 Å². The van der Waals surface area contributed by atoms with E-state index in [1.807, 2.05) is 0 Å². The molecule has 1 heterocycles. The van der Waals surface area contributed by atoms with Gasteiger partial charge in [-0.3, -0.25) is 14.8 Å². The SMILES string of the molecule is O=C(NO)[C@H]1CCN1C(=O)c1ccc(OCC(F)(F)F)c(SC(F)(F)F)c1. The van der Waals surface area contributed by atoms with Crippen molar-refractivity contribution in [1.29, 1.82) is 0 Å². The fourth-order valence-electron chi connectivity index (χ4n) is 2.27. The average Bonchev–Trinajstić information content (AvgIpc) is 2.49. The molecular weight excluding hydrogens is 406 g/mol. The summed E-state index contributed by atoms with van der Waals surface area (Å²) in [5, 5.41) is 8.60. The van der Waals surface area contributed by atoms with Gasteiger partial charge in [-0.2, -0.15) is 26.3 Å². The van der Waals surface area contributed by atoms with Gasteiger partial charge in [0.25, 0.3) is 11.8 Å². The third kappa shape index (κ3) is 5.66. The van der Waals surface area contributed by atoms with Crippen LogP contribution in [0.4, 0.5) is 26.3 Å². The molecule has 27 heavy (non-hydrogen) atoms. The van der Waals surface area contributed by atoms with Crippen LogP contribution in [0.15, 0.2) is 23.1 Å². The van der Waals surface area contributed by atoms with E-state index in [9.17, 15) is 35.9 Å². The Hall–Kier alpha value is -2.15. The molecule has 150 valence electrons. The molecule has 2 N–H and O–H groups in total. The monoisotopic (exact) mass is 418 g/mol. The van der Waals surface area contributed by atoms with E-state index in [0.29, 0.717) is 0 Å². The van der Waals surface area contributed by atoms with Gasteiger partial charge in [0.05, 0.1) is 4.90 Å². The second-order valence-electron chi connectivity index (χ2n) is 5.39. The summed E-state index contributed by atoms with van der Waals surface area (Å²) in [5.41, 5.74) is -3.72. The van der Waals surface area contributed by atoms with Gasteiger partial charge in [0, 0.05) is 12.1 Å². The molecular formula is C14H12F6N2O4S. The van der Waals surface area contributed by atoms with Crippen LogP contribution in [0.25, 0.3) is 0 Å². The maximum atomic E-state index is 12.7. The fourth-order valence-corrected chi connectivity index (χ4v) is 2.93. The lowest BCUT2D eigenvalue weighted by molar-refractivity contribution is -0.153. The molecule has 1 atom stereocenters. The molecule has 0 radical (unpaired) electrons. The van der Waals surface area contributed by atoms with E-state index in [-0.39, 0.29) is 18.5 Å². The van der Waals surface area contributed by atoms with Crippen molar-refractivity contribution in [3.8, 4) is 5.75 Å². The fraction of sp³-hybridized carbons (Fsp3) is 0.429. The lowest BCUT2D eigenvalue weighted by Crippen LogP contribution is -2.57. The van der Waals surface area contributed by atoms with Crippen LogP contribution in [0.2, 0.25) is 0 Å². The minimum absolute atomic E-state index is 0.130. The number of amides is 2. The van der Waals surface area contributed by atoms with E-state index < -0.39 is 58.6 Å². The number of nitrogens with one attached hydrogen (secondary N) is 1. The van der Waals surface area contributed by atoms with Gasteiger partial charge in [-0.25, -0.2) is 5.48 Å². The number of carbonyl (C=O) groups is 2. The third-order valence-electron chi connectivity index (χ3n) is 3.50. The highest BCUT2D eigenvalue weighted by Crippen LogP contribution is 2.42. The van der Waals surface area contributed by atoms with Crippen LogP contribution < -0.4 is 10.2 Å². The number of benzene rings is 1. The highest BCUT2D eigenvalue weighted by atomic mass is 32.2. The number of hydrogen-bond donors (Lipinski definition) is 2. The smallest absolute Gasteiger partial charge is 0.446 e. The second-order valence-corrected chi connectivity index (χ2v) is 6.50. The van der Waals surface area contributed by atoms with Gasteiger partial charge in [0.15, 0.2) is 6.61 Å². The summed E-state index contributed by atoms with van der Waals surface area (Å²) in [5.74, 6) is -2.34. The summed E-state index contributed by atoms with van der Waals surface area (Å²) in [4.78, 5) is 24.0. The summed E-state index contributed by atoms with van der Waals surface area (Å²) >= 11 is -0.724. The minimum Gasteiger partial charge on any atom is -0.483 e. The van der Waals surface area contributed by atoms with Crippen molar-refractivity contribution in [3.05, 3.63) is 23.8 Å². The van der Waals surface area contributed by atoms with E-state index in [4.69, 9.17) is 5.21 Å². The second kappa shape index (κ2) is 7.84. The lowest BCUT2D eigenvalue weighted by atomic mass is 10.0. The zero-order chi connectivity index (χ0) is 20.4. The number of nitrogens with zero attached hydrogens (tertiary/aromatic N) is 1. The summed E-state index contributed by atoms with van der Waals surface area (Å²) < 4.78 is 79.2. The largest absolute Gasteiger partial charge is 0.483 e. The first-order chi connectivity index (χ1) is 12.4. The first-order valence-corrected chi connectivity index (χ1v) is 8.07. The molecule has 1 aromatic rings. The highest BCUT2D eigenvalue weighted by molar-refractivity contribution is 8.00. The predicted octanol–water partition coefficient (Wildman–Crippen LogP) is 2.96. The van der Waals surface area contributed by atoms with Crippen LogP contribution in [-0.2, 0) is 4.79 Å². The van der Waals surface area contributed by atoms with Gasteiger partial charge in [-0.15, -0.1) is 0 Å². The standard InChI is InChI=1S/C14H12F6N2O4S/c15-13(16,17)6-26-9-2-1-7(5-10(9)27-14(18,19)20)12(24)22-4-3-8(22)11(23)21-25/h1-2,5,8,25H,3-4,6H2,(H,21,23)/t8-/m1/s1. The Labute approximate surface area is 152 Å². The van der Waals surface area contributed by atoms with Crippen LogP contribution in [0, 0.1) is 0 Å². The molecule has 1 aliphatic heterocycles. The normalized spacial score (nSPS) is 17.3. The molecule has 0 unspecified atom stereocenters. The van der Waals surface area contributed by atoms with Crippen molar-refractivity contribution in [2.75, 3.05) is 13.2 Å². The summed E-state index contributed by atoms with van der Waals surface area (Å²) in [6, 6.07) is 1.59. The van der Waals surface area contributed by atoms with Crippen LogP contribution >= 0.6 is 11.8 Å². The van der Waals surface area contributed by atoms with E-state index in [1.165, 1.54) is 5.48 Å². The quantitative estimate of drug-likeness (QED) is 0.333. The molecule has 1 aliphatic rings. The number of hydroxylamine groups is 1. The lowest BCUT2D eigenvalue weighted by Gasteiger charge is -2.39. The summed E-state index contributed by atoms with van der Waals surface area (Å²) in [6.45, 7) is -1.67. The maximum absolute atomic E-state index is 12.7. The van der Waals surface area contributed by atoms with Gasteiger partial charge in [-0.1, -0.05) is 0 Å². The molecule has 1 fully saturated rings. The molecule has 0 aromatic heterocycles. The van der Waals surface area contributed by atoms with Crippen molar-refractivity contribution < 1.29 is 45.9 Å². The van der Waals surface area contributed by atoms with Crippen molar-refractivity contribution >= 4 is 23.6 Å². The molecule has 0 saturated carbocycles. The Morgan fingerprint density at radius 2 is 1.93 bits per heavy atom. The molecule has 0 bridgehead atoms. The van der Waals surface area contributed by atoms with Crippen LogP contribution in [0.5, 0.6) is 5.75 Å². The zero-order valence-electron chi connectivity index (χ0n) is 13.2. The van der Waals surface area contributed by atoms with Gasteiger partial charge in [0.2, 0.25) is 0 Å². The van der Waals surface area contributed by atoms with Crippen molar-refractivity contribution in [2.45, 2.75) is 29.0 Å². The number of carbonyl (C=O) groups excluding carboxylic acids is 2. The number of ether oxygens (including phenoxy) is 1. The molecule has 2 rings (SSSR count). The number of hydrogen-bond acceptors (Lipinski definition) is 5. The van der Waals surface area contributed by atoms with Gasteiger partial charge in [-0.05, 0) is 36.4 Å². The molecule has 2 amide bonds. The first-order valence-electron chi connectivity index (χ1n) is 7.25. The Bertz CT molecular complexity index is 725. The number of alkyl halides is 6. The molecule has 0 spiro atoms. The van der Waals surface area contributed by atoms with Gasteiger partial charge < -0.3 is 9.64 Å². The molecule has 0 aliphatic carbocycles. The highest BCUT2D eigenvalue weighted by Gasteiger charge is 2.39. The third-order valence-corrected chi connectivity index (χ3v) is 4.27. The van der Waals surface area contributed by atoms with Crippen LogP contribution in [-0.4, -0.2) is 52.8 Å². The maximum Gasteiger partial charge on any atom is 0.446 e. The zero-order valence-corrected chi connectivity index (χ0v) is 14.0. The number of likely N-dealkylation sites (tertiary alicyclic amines) is 1. The molecule has 1 aromatic carbocycles. The van der Waals surface area contributed by atoms with Crippen molar-refractivity contribution in [2.24, 2.45) is 0 Å². The van der Waals surface area contributed by atoms with Gasteiger partial charge >= 0.3 is 11.7 Å². The molecule has 1 saturated heterocycles. The number of rotatable bonds is 5. The minimum atomic E-state index is -4.83. The average molecular weight is 418 g/mol. The molecule has 6 nitrogen and oxygen atoms in total. The number of thioether (sulfide) groups is 1. The van der Waals surface area contributed by atoms with Crippen LogP contribution in [0.1, 0.15) is 16.8 Å². The summed E-state index contributed by atoms with van der Waals surface area (Å²) in [7, 11) is 0. The Kier molecular flexibility index (Phi) is 6.14. The summed E-state index contributed by atoms with van der Waals surface area (Å²) in [6.07, 6.45) is -4.51. The van der Waals surface area contributed by atoms with E-state index in [0.717, 1.165) is 23.1 Å². The van der Waals surface area contributed by atoms with Crippen molar-refractivity contribution in [3.63, 3.8) is 0 Å². The predicted molar refractivity (Wildman–Crippen MR) is 79.3 cm³/mol. The number of halogens is 6. The first kappa shape index (κ1) is 21.2. The topological polar surface area (TPSA) is 78.9 Å².